The van der Waals surface area contributed by atoms with Crippen LogP contribution in [0, 0.1) is 0 Å². The average Bonchev–Trinajstić information content (AvgIpc) is 2.99. The van der Waals surface area contributed by atoms with Crippen LogP contribution in [-0.4, -0.2) is 43.4 Å². The molecule has 1 aliphatic heterocycles. The van der Waals surface area contributed by atoms with Gasteiger partial charge in [-0.2, -0.15) is 26.3 Å². The maximum atomic E-state index is 14.3. The van der Waals surface area contributed by atoms with Gasteiger partial charge in [0.05, 0.1) is 16.7 Å². The Morgan fingerprint density at radius 3 is 1.94 bits per heavy atom. The summed E-state index contributed by atoms with van der Waals surface area (Å²) in [6, 6.07) is 2.94. The van der Waals surface area contributed by atoms with Crippen molar-refractivity contribution in [2.45, 2.75) is 17.8 Å². The fourth-order valence-corrected chi connectivity index (χ4v) is 3.61. The van der Waals surface area contributed by atoms with Crippen molar-refractivity contribution in [1.29, 1.82) is 0 Å². The first kappa shape index (κ1) is 23.0. The van der Waals surface area contributed by atoms with Crippen molar-refractivity contribution in [3.05, 3.63) is 69.8 Å². The normalized spacial score (nSPS) is 14.1. The Morgan fingerprint density at radius 1 is 0.875 bits per heavy atom. The second-order valence-corrected chi connectivity index (χ2v) is 6.79. The van der Waals surface area contributed by atoms with Crippen molar-refractivity contribution in [3.8, 4) is 0 Å². The molecule has 0 bridgehead atoms. The van der Waals surface area contributed by atoms with Gasteiger partial charge < -0.3 is 5.32 Å². The predicted octanol–water partition coefficient (Wildman–Crippen LogP) is 3.15. The van der Waals surface area contributed by atoms with Crippen LogP contribution >= 0.6 is 0 Å². The molecule has 0 spiro atoms. The van der Waals surface area contributed by atoms with E-state index in [-0.39, 0.29) is 11.8 Å². The summed E-state index contributed by atoms with van der Waals surface area (Å²) < 4.78 is 85.8. The molecular weight excluding hydrogens is 446 g/mol. The Morgan fingerprint density at radius 2 is 1.41 bits per heavy atom. The van der Waals surface area contributed by atoms with E-state index in [1.165, 1.54) is 0 Å². The summed E-state index contributed by atoms with van der Waals surface area (Å²) in [7, 11) is 1.08. The van der Waals surface area contributed by atoms with Crippen LogP contribution in [0.1, 0.15) is 52.6 Å². The average molecular weight is 458 g/mol. The summed E-state index contributed by atoms with van der Waals surface area (Å²) in [5.41, 5.74) is -9.61. The van der Waals surface area contributed by atoms with Gasteiger partial charge in [0, 0.05) is 12.6 Å². The molecule has 3 rings (SSSR count). The van der Waals surface area contributed by atoms with Crippen LogP contribution in [0.5, 0.6) is 0 Å². The Balaban J connectivity index is 2.43. The molecule has 2 aromatic carbocycles. The number of nitrogens with one attached hydrogen (secondary N) is 2. The van der Waals surface area contributed by atoms with Crippen LogP contribution in [-0.2, 0) is 5.41 Å². The number of fused-ring (bicyclic) bond motifs is 1. The lowest BCUT2D eigenvalue weighted by atomic mass is 9.71. The molecule has 2 aromatic rings. The molecule has 0 radical (unpaired) electrons. The molecule has 168 valence electrons. The van der Waals surface area contributed by atoms with Gasteiger partial charge >= 0.3 is 12.4 Å². The lowest BCUT2D eigenvalue weighted by Gasteiger charge is -2.38. The van der Waals surface area contributed by atoms with Crippen molar-refractivity contribution < 1.29 is 45.5 Å². The van der Waals surface area contributed by atoms with Gasteiger partial charge in [-0.1, -0.05) is 18.2 Å². The first-order chi connectivity index (χ1) is 14.8. The number of amides is 3. The molecule has 0 fully saturated rings. The van der Waals surface area contributed by atoms with Crippen LogP contribution in [0.4, 0.5) is 26.3 Å². The molecule has 1 heterocycles. The third kappa shape index (κ3) is 3.22. The fraction of sp³-hybridized carbons (Fsp3) is 0.200. The SMILES string of the molecule is CNC(=O)c1cc(C(c2ccc3c(c2)C(=O)NC3=O)(C(F)(F)F)C(F)(F)F)ccc1C=O. The third-order valence-electron chi connectivity index (χ3n) is 5.10. The molecule has 0 saturated heterocycles. The smallest absolute Gasteiger partial charge is 0.355 e. The zero-order valence-corrected chi connectivity index (χ0v) is 15.9. The minimum Gasteiger partial charge on any atom is -0.355 e. The number of rotatable bonds is 4. The second kappa shape index (κ2) is 7.46. The molecule has 1 aliphatic rings. The minimum absolute atomic E-state index is 0.114. The van der Waals surface area contributed by atoms with Gasteiger partial charge in [-0.05, 0) is 29.3 Å². The van der Waals surface area contributed by atoms with E-state index in [0.717, 1.165) is 7.05 Å². The molecule has 0 unspecified atom stereocenters. The maximum absolute atomic E-state index is 14.3. The van der Waals surface area contributed by atoms with Gasteiger partial charge in [0.1, 0.15) is 0 Å². The monoisotopic (exact) mass is 458 g/mol. The van der Waals surface area contributed by atoms with E-state index >= 15 is 0 Å². The highest BCUT2D eigenvalue weighted by molar-refractivity contribution is 6.21. The van der Waals surface area contributed by atoms with E-state index in [2.05, 4.69) is 0 Å². The summed E-state index contributed by atoms with van der Waals surface area (Å²) >= 11 is 0. The summed E-state index contributed by atoms with van der Waals surface area (Å²) in [5.74, 6) is -3.18. The Bertz CT molecular complexity index is 1140. The van der Waals surface area contributed by atoms with Gasteiger partial charge in [-0.25, -0.2) is 0 Å². The van der Waals surface area contributed by atoms with Crippen molar-refractivity contribution in [2.75, 3.05) is 7.05 Å². The van der Waals surface area contributed by atoms with Crippen molar-refractivity contribution in [2.24, 2.45) is 0 Å². The topological polar surface area (TPSA) is 92.3 Å². The zero-order chi connectivity index (χ0) is 24.1. The largest absolute Gasteiger partial charge is 0.411 e. The molecule has 2 N–H and O–H groups in total. The zero-order valence-electron chi connectivity index (χ0n) is 15.9. The standard InChI is InChI=1S/C20H12F6N2O4/c1-27-15(30)13-6-10(3-2-9(13)8-29)18(19(21,22)23,20(24,25)26)11-4-5-12-14(7-11)17(32)28-16(12)31/h2-8H,1H3,(H,27,30)(H,28,31,32). The molecule has 0 saturated carbocycles. The number of hydrogen-bond donors (Lipinski definition) is 2. The fourth-order valence-electron chi connectivity index (χ4n) is 3.61. The van der Waals surface area contributed by atoms with Crippen molar-refractivity contribution in [3.63, 3.8) is 0 Å². The highest BCUT2D eigenvalue weighted by Crippen LogP contribution is 2.56. The Kier molecular flexibility index (Phi) is 5.36. The quantitative estimate of drug-likeness (QED) is 0.418. The summed E-state index contributed by atoms with van der Waals surface area (Å²) in [6.45, 7) is 0. The molecule has 0 aliphatic carbocycles. The number of benzene rings is 2. The molecule has 3 amide bonds. The predicted molar refractivity (Wildman–Crippen MR) is 96.3 cm³/mol. The Labute approximate surface area is 175 Å². The first-order valence-electron chi connectivity index (χ1n) is 8.75. The lowest BCUT2D eigenvalue weighted by Crippen LogP contribution is -2.55. The van der Waals surface area contributed by atoms with E-state index < -0.39 is 63.3 Å². The number of hydrogen-bond acceptors (Lipinski definition) is 4. The third-order valence-corrected chi connectivity index (χ3v) is 5.10. The first-order valence-corrected chi connectivity index (χ1v) is 8.75. The molecule has 12 heteroatoms. The molecular formula is C20H12F6N2O4. The molecule has 0 aromatic heterocycles. The van der Waals surface area contributed by atoms with Crippen LogP contribution in [0.15, 0.2) is 36.4 Å². The van der Waals surface area contributed by atoms with E-state index in [1.807, 2.05) is 5.32 Å². The van der Waals surface area contributed by atoms with Crippen LogP contribution in [0.25, 0.3) is 0 Å². The molecule has 32 heavy (non-hydrogen) atoms. The lowest BCUT2D eigenvalue weighted by molar-refractivity contribution is -0.288. The molecule has 0 atom stereocenters. The van der Waals surface area contributed by atoms with E-state index in [1.54, 1.807) is 5.32 Å². The number of halogens is 6. The number of alkyl halides is 6. The number of aldehydes is 1. The van der Waals surface area contributed by atoms with Crippen LogP contribution in [0.2, 0.25) is 0 Å². The minimum atomic E-state index is -6.00. The highest BCUT2D eigenvalue weighted by Gasteiger charge is 2.72. The van der Waals surface area contributed by atoms with E-state index in [0.29, 0.717) is 36.4 Å². The number of carbonyl (C=O) groups excluding carboxylic acids is 4. The van der Waals surface area contributed by atoms with Crippen LogP contribution < -0.4 is 10.6 Å². The van der Waals surface area contributed by atoms with Crippen LogP contribution in [0.3, 0.4) is 0 Å². The molecule has 6 nitrogen and oxygen atoms in total. The summed E-state index contributed by atoms with van der Waals surface area (Å²) in [5, 5.41) is 3.84. The van der Waals surface area contributed by atoms with Gasteiger partial charge in [-0.3, -0.25) is 24.5 Å². The highest BCUT2D eigenvalue weighted by atomic mass is 19.4. The van der Waals surface area contributed by atoms with Crippen molar-refractivity contribution >= 4 is 24.0 Å². The van der Waals surface area contributed by atoms with Gasteiger partial charge in [0.15, 0.2) is 6.29 Å². The van der Waals surface area contributed by atoms with E-state index in [9.17, 15) is 45.5 Å². The van der Waals surface area contributed by atoms with Gasteiger partial charge in [0.25, 0.3) is 17.7 Å². The number of carbonyl (C=O) groups is 4. The van der Waals surface area contributed by atoms with Gasteiger partial charge in [-0.15, -0.1) is 0 Å². The number of imide groups is 1. The summed E-state index contributed by atoms with van der Waals surface area (Å²) in [4.78, 5) is 46.7. The van der Waals surface area contributed by atoms with Gasteiger partial charge in [0.2, 0.25) is 5.41 Å². The van der Waals surface area contributed by atoms with E-state index in [4.69, 9.17) is 0 Å². The Hall–Kier alpha value is -3.70. The maximum Gasteiger partial charge on any atom is 0.411 e. The summed E-state index contributed by atoms with van der Waals surface area (Å²) in [6.07, 6.45) is -11.9. The second-order valence-electron chi connectivity index (χ2n) is 6.79. The van der Waals surface area contributed by atoms with Crippen molar-refractivity contribution in [1.82, 2.24) is 10.6 Å².